The van der Waals surface area contributed by atoms with Crippen LogP contribution in [0.15, 0.2) is 146 Å². The summed E-state index contributed by atoms with van der Waals surface area (Å²) in [6.07, 6.45) is 0. The number of phenolic OH excluding ortho intramolecular Hbond substituents is 1. The Morgan fingerprint density at radius 3 is 1.45 bits per heavy atom. The molecule has 8 aromatic rings. The highest BCUT2D eigenvalue weighted by atomic mass is 16.3. The van der Waals surface area contributed by atoms with E-state index in [4.69, 9.17) is 0 Å². The summed E-state index contributed by atoms with van der Waals surface area (Å²) in [7, 11) is 0. The van der Waals surface area contributed by atoms with Crippen LogP contribution >= 0.6 is 0 Å². The number of para-hydroxylation sites is 1. The van der Waals surface area contributed by atoms with E-state index in [1.165, 1.54) is 43.8 Å². The summed E-state index contributed by atoms with van der Waals surface area (Å²) in [6, 6.07) is 51.1. The topological polar surface area (TPSA) is 25.2 Å². The number of fused-ring (bicyclic) bond motifs is 5. The Labute approximate surface area is 232 Å². The Hall–Kier alpha value is -5.34. The Morgan fingerprint density at radius 1 is 0.375 bits per heavy atom. The molecule has 0 unspecified atom stereocenters. The molecule has 0 bridgehead atoms. The lowest BCUT2D eigenvalue weighted by Gasteiger charge is -2.18. The molecule has 1 heterocycles. The molecule has 0 spiro atoms. The quantitative estimate of drug-likeness (QED) is 0.235. The van der Waals surface area contributed by atoms with Crippen LogP contribution in [0.4, 0.5) is 0 Å². The molecule has 0 saturated heterocycles. The third kappa shape index (κ3) is 3.36. The second kappa shape index (κ2) is 8.86. The number of nitrogens with zero attached hydrogens (tertiary/aromatic N) is 1. The van der Waals surface area contributed by atoms with E-state index in [9.17, 15) is 5.11 Å². The van der Waals surface area contributed by atoms with Crippen molar-refractivity contribution in [1.29, 1.82) is 0 Å². The van der Waals surface area contributed by atoms with Crippen molar-refractivity contribution in [3.63, 3.8) is 0 Å². The van der Waals surface area contributed by atoms with Crippen molar-refractivity contribution in [3.8, 4) is 33.7 Å². The maximum atomic E-state index is 10.4. The van der Waals surface area contributed by atoms with Gasteiger partial charge in [0.15, 0.2) is 0 Å². The minimum absolute atomic E-state index is 0.265. The molecule has 8 rings (SSSR count). The monoisotopic (exact) mass is 511 g/mol. The molecule has 7 aromatic carbocycles. The third-order valence-corrected chi connectivity index (χ3v) is 8.05. The first kappa shape index (κ1) is 22.6. The van der Waals surface area contributed by atoms with Crippen LogP contribution in [0.5, 0.6) is 5.75 Å². The molecule has 0 fully saturated rings. The van der Waals surface area contributed by atoms with Crippen LogP contribution < -0.4 is 0 Å². The van der Waals surface area contributed by atoms with Gasteiger partial charge < -0.3 is 9.67 Å². The van der Waals surface area contributed by atoms with E-state index in [1.54, 1.807) is 6.07 Å². The van der Waals surface area contributed by atoms with Gasteiger partial charge in [-0.3, -0.25) is 0 Å². The minimum Gasteiger partial charge on any atom is -0.508 e. The van der Waals surface area contributed by atoms with Crippen LogP contribution in [0.3, 0.4) is 0 Å². The van der Waals surface area contributed by atoms with Gasteiger partial charge in [0.1, 0.15) is 5.75 Å². The van der Waals surface area contributed by atoms with E-state index in [0.717, 1.165) is 27.5 Å². The lowest BCUT2D eigenvalue weighted by molar-refractivity contribution is 0.476. The average molecular weight is 512 g/mol. The second-order valence-electron chi connectivity index (χ2n) is 10.3. The second-order valence-corrected chi connectivity index (χ2v) is 10.3. The molecule has 0 aliphatic carbocycles. The number of rotatable bonds is 3. The Balaban J connectivity index is 1.50. The van der Waals surface area contributed by atoms with E-state index < -0.39 is 0 Å². The van der Waals surface area contributed by atoms with Crippen LogP contribution in [0, 0.1) is 0 Å². The highest BCUT2D eigenvalue weighted by molar-refractivity contribution is 6.22. The minimum atomic E-state index is 0.265. The average Bonchev–Trinajstić information content (AvgIpc) is 3.33. The summed E-state index contributed by atoms with van der Waals surface area (Å²) in [4.78, 5) is 0. The molecule has 40 heavy (non-hydrogen) atoms. The first-order valence-electron chi connectivity index (χ1n) is 13.6. The molecular formula is C38H25NO. The maximum absolute atomic E-state index is 10.4. The predicted molar refractivity (Wildman–Crippen MR) is 168 cm³/mol. The summed E-state index contributed by atoms with van der Waals surface area (Å²) in [6.45, 7) is 0. The van der Waals surface area contributed by atoms with Gasteiger partial charge in [0, 0.05) is 22.5 Å². The number of aromatic nitrogens is 1. The summed E-state index contributed by atoms with van der Waals surface area (Å²) >= 11 is 0. The van der Waals surface area contributed by atoms with Gasteiger partial charge in [0.05, 0.1) is 11.0 Å². The van der Waals surface area contributed by atoms with Crippen LogP contribution in [-0.2, 0) is 0 Å². The van der Waals surface area contributed by atoms with Gasteiger partial charge in [-0.1, -0.05) is 109 Å². The molecule has 2 heteroatoms. The first-order valence-corrected chi connectivity index (χ1v) is 13.6. The van der Waals surface area contributed by atoms with E-state index >= 15 is 0 Å². The smallest absolute Gasteiger partial charge is 0.117 e. The number of hydrogen-bond donors (Lipinski definition) is 1. The number of benzene rings is 7. The molecule has 1 aromatic heterocycles. The SMILES string of the molecule is Oc1ccc2c3ccc(-c4c5ccccc5c(-c5ccccc5)c5ccccc45)cc3n(-c3ccccc3)c2c1. The number of phenols is 1. The van der Waals surface area contributed by atoms with E-state index in [-0.39, 0.29) is 5.75 Å². The zero-order valence-corrected chi connectivity index (χ0v) is 21.8. The molecule has 188 valence electrons. The number of hydrogen-bond acceptors (Lipinski definition) is 1. The van der Waals surface area contributed by atoms with Crippen LogP contribution in [0.1, 0.15) is 0 Å². The first-order chi connectivity index (χ1) is 19.8. The molecule has 0 saturated carbocycles. The van der Waals surface area contributed by atoms with Gasteiger partial charge in [0.25, 0.3) is 0 Å². The van der Waals surface area contributed by atoms with Crippen molar-refractivity contribution in [2.24, 2.45) is 0 Å². The highest BCUT2D eigenvalue weighted by Crippen LogP contribution is 2.45. The normalized spacial score (nSPS) is 11.6. The molecule has 2 nitrogen and oxygen atoms in total. The van der Waals surface area contributed by atoms with Crippen molar-refractivity contribution >= 4 is 43.4 Å². The largest absolute Gasteiger partial charge is 0.508 e. The molecule has 0 amide bonds. The van der Waals surface area contributed by atoms with Gasteiger partial charge in [-0.15, -0.1) is 0 Å². The zero-order valence-electron chi connectivity index (χ0n) is 21.8. The van der Waals surface area contributed by atoms with Gasteiger partial charge in [0.2, 0.25) is 0 Å². The molecule has 0 radical (unpaired) electrons. The Morgan fingerprint density at radius 2 is 0.850 bits per heavy atom. The van der Waals surface area contributed by atoms with Gasteiger partial charge in [-0.2, -0.15) is 0 Å². The number of aromatic hydroxyl groups is 1. The summed E-state index contributed by atoms with van der Waals surface area (Å²) < 4.78 is 2.26. The summed E-state index contributed by atoms with van der Waals surface area (Å²) in [5.74, 6) is 0.265. The van der Waals surface area contributed by atoms with Crippen molar-refractivity contribution in [1.82, 2.24) is 4.57 Å². The van der Waals surface area contributed by atoms with E-state index in [1.807, 2.05) is 18.2 Å². The van der Waals surface area contributed by atoms with Crippen molar-refractivity contribution in [2.45, 2.75) is 0 Å². The third-order valence-electron chi connectivity index (χ3n) is 8.05. The molecule has 0 aliphatic rings. The van der Waals surface area contributed by atoms with Crippen molar-refractivity contribution < 1.29 is 5.11 Å². The summed E-state index contributed by atoms with van der Waals surface area (Å²) in [5, 5.41) is 17.7. The lowest BCUT2D eigenvalue weighted by Crippen LogP contribution is -1.94. The van der Waals surface area contributed by atoms with Crippen molar-refractivity contribution in [2.75, 3.05) is 0 Å². The Kier molecular flexibility index (Phi) is 5.01. The van der Waals surface area contributed by atoms with Crippen molar-refractivity contribution in [3.05, 3.63) is 146 Å². The van der Waals surface area contributed by atoms with E-state index in [0.29, 0.717) is 0 Å². The summed E-state index contributed by atoms with van der Waals surface area (Å²) in [5.41, 5.74) is 8.08. The van der Waals surface area contributed by atoms with Gasteiger partial charge in [-0.05, 0) is 74.1 Å². The molecular weight excluding hydrogens is 486 g/mol. The van der Waals surface area contributed by atoms with Crippen LogP contribution in [0.2, 0.25) is 0 Å². The van der Waals surface area contributed by atoms with Crippen LogP contribution in [-0.4, -0.2) is 9.67 Å². The molecule has 0 atom stereocenters. The fourth-order valence-electron chi connectivity index (χ4n) is 6.37. The molecule has 0 aliphatic heterocycles. The zero-order chi connectivity index (χ0) is 26.6. The lowest BCUT2D eigenvalue weighted by atomic mass is 9.86. The molecule has 1 N–H and O–H groups in total. The van der Waals surface area contributed by atoms with Crippen LogP contribution in [0.25, 0.3) is 71.3 Å². The predicted octanol–water partition coefficient (Wildman–Crippen LogP) is 10.1. The fourth-order valence-corrected chi connectivity index (χ4v) is 6.37. The maximum Gasteiger partial charge on any atom is 0.117 e. The van der Waals surface area contributed by atoms with E-state index in [2.05, 4.69) is 126 Å². The van der Waals surface area contributed by atoms with Gasteiger partial charge in [-0.25, -0.2) is 0 Å². The fraction of sp³-hybridized carbons (Fsp3) is 0. The highest BCUT2D eigenvalue weighted by Gasteiger charge is 2.18. The Bertz CT molecular complexity index is 2150. The standard InChI is InChI=1S/C38H25NO/c40-28-20-22-30-29-21-19-26(23-35(29)39(36(30)24-28)27-13-5-2-6-14-27)38-33-17-9-7-15-31(33)37(25-11-3-1-4-12-25)32-16-8-10-18-34(32)38/h1-24,40H. The van der Waals surface area contributed by atoms with Gasteiger partial charge >= 0.3 is 0 Å².